The first kappa shape index (κ1) is 20.3. The minimum Gasteiger partial charge on any atom is -0.495 e. The first-order valence-corrected chi connectivity index (χ1v) is 8.51. The van der Waals surface area contributed by atoms with E-state index in [1.54, 1.807) is 37.3 Å². The summed E-state index contributed by atoms with van der Waals surface area (Å²) in [6.07, 6.45) is -0.430. The predicted octanol–water partition coefficient (Wildman–Crippen LogP) is 3.49. The summed E-state index contributed by atoms with van der Waals surface area (Å²) in [6, 6.07) is 11.1. The van der Waals surface area contributed by atoms with E-state index in [0.717, 1.165) is 0 Å². The SMILES string of the molecule is CCOC(=O)c1ccccc1NC(=O)CC(=O)Nc1ccc(OC)c(Cl)c1. The van der Waals surface area contributed by atoms with E-state index in [-0.39, 0.29) is 17.9 Å². The van der Waals surface area contributed by atoms with Gasteiger partial charge < -0.3 is 20.1 Å². The Morgan fingerprint density at radius 1 is 1.04 bits per heavy atom. The molecule has 0 aliphatic rings. The Balaban J connectivity index is 1.99. The van der Waals surface area contributed by atoms with Gasteiger partial charge in [0.05, 0.1) is 30.0 Å². The van der Waals surface area contributed by atoms with E-state index >= 15 is 0 Å². The first-order valence-electron chi connectivity index (χ1n) is 8.14. The number of halogens is 1. The van der Waals surface area contributed by atoms with Crippen molar-refractivity contribution in [2.75, 3.05) is 24.4 Å². The molecule has 0 fully saturated rings. The zero-order chi connectivity index (χ0) is 19.8. The average Bonchev–Trinajstić information content (AvgIpc) is 2.62. The molecule has 142 valence electrons. The van der Waals surface area contributed by atoms with Gasteiger partial charge in [0, 0.05) is 5.69 Å². The Hall–Kier alpha value is -3.06. The van der Waals surface area contributed by atoms with Gasteiger partial charge in [0.25, 0.3) is 0 Å². The lowest BCUT2D eigenvalue weighted by atomic mass is 10.1. The standard InChI is InChI=1S/C19H19ClN2O5/c1-3-27-19(25)13-6-4-5-7-15(13)22-18(24)11-17(23)21-12-8-9-16(26-2)14(20)10-12/h4-10H,3,11H2,1-2H3,(H,21,23)(H,22,24). The molecule has 0 aliphatic carbocycles. The van der Waals surface area contributed by atoms with Crippen LogP contribution in [0.5, 0.6) is 5.75 Å². The van der Waals surface area contributed by atoms with Crippen LogP contribution in [0, 0.1) is 0 Å². The fourth-order valence-corrected chi connectivity index (χ4v) is 2.53. The highest BCUT2D eigenvalue weighted by Crippen LogP contribution is 2.27. The van der Waals surface area contributed by atoms with Crippen molar-refractivity contribution in [1.82, 2.24) is 0 Å². The fraction of sp³-hybridized carbons (Fsp3) is 0.211. The predicted molar refractivity (Wildman–Crippen MR) is 102 cm³/mol. The number of para-hydroxylation sites is 1. The number of benzene rings is 2. The summed E-state index contributed by atoms with van der Waals surface area (Å²) in [4.78, 5) is 36.1. The summed E-state index contributed by atoms with van der Waals surface area (Å²) in [5.41, 5.74) is 0.932. The molecule has 27 heavy (non-hydrogen) atoms. The molecule has 0 saturated carbocycles. The Morgan fingerprint density at radius 2 is 1.74 bits per heavy atom. The van der Waals surface area contributed by atoms with Gasteiger partial charge in [-0.2, -0.15) is 0 Å². The van der Waals surface area contributed by atoms with Crippen molar-refractivity contribution in [3.05, 3.63) is 53.1 Å². The zero-order valence-corrected chi connectivity index (χ0v) is 15.6. The second-order valence-corrected chi connectivity index (χ2v) is 5.80. The van der Waals surface area contributed by atoms with Crippen molar-refractivity contribution in [3.8, 4) is 5.75 Å². The average molecular weight is 391 g/mol. The van der Waals surface area contributed by atoms with Crippen LogP contribution < -0.4 is 15.4 Å². The van der Waals surface area contributed by atoms with Crippen LogP contribution >= 0.6 is 11.6 Å². The molecule has 0 radical (unpaired) electrons. The number of anilines is 2. The van der Waals surface area contributed by atoms with Gasteiger partial charge in [-0.1, -0.05) is 23.7 Å². The third-order valence-electron chi connectivity index (χ3n) is 3.45. The lowest BCUT2D eigenvalue weighted by Gasteiger charge is -2.11. The van der Waals surface area contributed by atoms with E-state index < -0.39 is 24.2 Å². The molecule has 0 saturated heterocycles. The van der Waals surface area contributed by atoms with Gasteiger partial charge in [-0.3, -0.25) is 9.59 Å². The van der Waals surface area contributed by atoms with Crippen LogP contribution in [0.3, 0.4) is 0 Å². The summed E-state index contributed by atoms with van der Waals surface area (Å²) in [7, 11) is 1.48. The lowest BCUT2D eigenvalue weighted by molar-refractivity contribution is -0.123. The molecule has 2 rings (SSSR count). The van der Waals surface area contributed by atoms with Crippen molar-refractivity contribution in [1.29, 1.82) is 0 Å². The van der Waals surface area contributed by atoms with E-state index in [4.69, 9.17) is 21.1 Å². The maximum Gasteiger partial charge on any atom is 0.340 e. The van der Waals surface area contributed by atoms with Crippen molar-refractivity contribution in [2.45, 2.75) is 13.3 Å². The molecule has 2 aromatic rings. The van der Waals surface area contributed by atoms with Crippen molar-refractivity contribution in [2.24, 2.45) is 0 Å². The van der Waals surface area contributed by atoms with Crippen LogP contribution in [0.25, 0.3) is 0 Å². The smallest absolute Gasteiger partial charge is 0.340 e. The summed E-state index contributed by atoms with van der Waals surface area (Å²) < 4.78 is 9.99. The highest BCUT2D eigenvalue weighted by atomic mass is 35.5. The molecule has 0 heterocycles. The van der Waals surface area contributed by atoms with Crippen LogP contribution in [0.1, 0.15) is 23.7 Å². The normalized spacial score (nSPS) is 10.0. The molecular weight excluding hydrogens is 372 g/mol. The monoisotopic (exact) mass is 390 g/mol. The molecule has 0 atom stereocenters. The highest BCUT2D eigenvalue weighted by Gasteiger charge is 2.16. The summed E-state index contributed by atoms with van der Waals surface area (Å²) in [5, 5.41) is 5.46. The molecule has 0 aromatic heterocycles. The fourth-order valence-electron chi connectivity index (χ4n) is 2.27. The number of ether oxygens (including phenoxy) is 2. The second-order valence-electron chi connectivity index (χ2n) is 5.39. The van der Waals surface area contributed by atoms with Crippen LogP contribution in [0.2, 0.25) is 5.02 Å². The third-order valence-corrected chi connectivity index (χ3v) is 3.75. The molecule has 7 nitrogen and oxygen atoms in total. The largest absolute Gasteiger partial charge is 0.495 e. The van der Waals surface area contributed by atoms with Gasteiger partial charge in [-0.15, -0.1) is 0 Å². The van der Waals surface area contributed by atoms with E-state index in [1.165, 1.54) is 19.2 Å². The van der Waals surface area contributed by atoms with Gasteiger partial charge in [-0.25, -0.2) is 4.79 Å². The molecule has 2 aromatic carbocycles. The van der Waals surface area contributed by atoms with E-state index in [2.05, 4.69) is 10.6 Å². The maximum atomic E-state index is 12.1. The van der Waals surface area contributed by atoms with E-state index in [0.29, 0.717) is 16.5 Å². The van der Waals surface area contributed by atoms with E-state index in [9.17, 15) is 14.4 Å². The number of esters is 1. The van der Waals surface area contributed by atoms with Gasteiger partial charge >= 0.3 is 5.97 Å². The maximum absolute atomic E-state index is 12.1. The topological polar surface area (TPSA) is 93.7 Å². The van der Waals surface area contributed by atoms with Crippen LogP contribution in [0.4, 0.5) is 11.4 Å². The van der Waals surface area contributed by atoms with Crippen molar-refractivity contribution >= 4 is 40.8 Å². The molecule has 0 bridgehead atoms. The van der Waals surface area contributed by atoms with Crippen LogP contribution in [-0.2, 0) is 14.3 Å². The summed E-state index contributed by atoms with van der Waals surface area (Å²) in [6.45, 7) is 1.91. The number of hydrogen-bond acceptors (Lipinski definition) is 5. The van der Waals surface area contributed by atoms with Crippen LogP contribution in [-0.4, -0.2) is 31.5 Å². The second kappa shape index (κ2) is 9.59. The molecule has 8 heteroatoms. The van der Waals surface area contributed by atoms with Crippen molar-refractivity contribution in [3.63, 3.8) is 0 Å². The number of carbonyl (C=O) groups is 3. The molecule has 0 aliphatic heterocycles. The number of hydrogen-bond donors (Lipinski definition) is 2. The quantitative estimate of drug-likeness (QED) is 0.557. The highest BCUT2D eigenvalue weighted by molar-refractivity contribution is 6.32. The third kappa shape index (κ3) is 5.72. The number of methoxy groups -OCH3 is 1. The zero-order valence-electron chi connectivity index (χ0n) is 14.9. The summed E-state index contributed by atoms with van der Waals surface area (Å²) in [5.74, 6) is -1.17. The Kier molecular flexibility index (Phi) is 7.19. The van der Waals surface area contributed by atoms with Gasteiger partial charge in [-0.05, 0) is 37.3 Å². The summed E-state index contributed by atoms with van der Waals surface area (Å²) >= 11 is 6.00. The first-order chi connectivity index (χ1) is 12.9. The number of carbonyl (C=O) groups excluding carboxylic acids is 3. The minimum absolute atomic E-state index is 0.216. The van der Waals surface area contributed by atoms with Gasteiger partial charge in [0.1, 0.15) is 12.2 Å². The molecule has 0 unspecified atom stereocenters. The van der Waals surface area contributed by atoms with Crippen molar-refractivity contribution < 1.29 is 23.9 Å². The minimum atomic E-state index is -0.566. The Morgan fingerprint density at radius 3 is 2.41 bits per heavy atom. The molecule has 2 N–H and O–H groups in total. The number of amides is 2. The lowest BCUT2D eigenvalue weighted by Crippen LogP contribution is -2.22. The Bertz CT molecular complexity index is 854. The number of rotatable bonds is 7. The molecular formula is C19H19ClN2O5. The van der Waals surface area contributed by atoms with Crippen LogP contribution in [0.15, 0.2) is 42.5 Å². The van der Waals surface area contributed by atoms with Gasteiger partial charge in [0.15, 0.2) is 0 Å². The Labute approximate surface area is 161 Å². The van der Waals surface area contributed by atoms with Gasteiger partial charge in [0.2, 0.25) is 11.8 Å². The number of nitrogens with one attached hydrogen (secondary N) is 2. The molecule has 0 spiro atoms. The van der Waals surface area contributed by atoms with E-state index in [1.807, 2.05) is 0 Å². The molecule has 2 amide bonds.